The fourth-order valence-corrected chi connectivity index (χ4v) is 3.56. The Kier molecular flexibility index (Phi) is 8.74. The van der Waals surface area contributed by atoms with Gasteiger partial charge in [-0.3, -0.25) is 9.78 Å². The zero-order valence-corrected chi connectivity index (χ0v) is 18.6. The summed E-state index contributed by atoms with van der Waals surface area (Å²) in [7, 11) is 1.30. The van der Waals surface area contributed by atoms with E-state index in [4.69, 9.17) is 9.47 Å². The summed E-state index contributed by atoms with van der Waals surface area (Å²) in [6.07, 6.45) is 6.45. The van der Waals surface area contributed by atoms with E-state index < -0.39 is 12.0 Å². The molecule has 0 bridgehead atoms. The largest absolute Gasteiger partial charge is 0.467 e. The van der Waals surface area contributed by atoms with E-state index in [1.807, 2.05) is 43.3 Å². The van der Waals surface area contributed by atoms with E-state index in [9.17, 15) is 9.59 Å². The minimum Gasteiger partial charge on any atom is -0.467 e. The second-order valence-electron chi connectivity index (χ2n) is 7.63. The summed E-state index contributed by atoms with van der Waals surface area (Å²) in [6, 6.07) is 10.8. The Bertz CT molecular complexity index is 1020. The number of nitrogens with zero attached hydrogens (tertiary/aromatic N) is 3. The molecule has 0 aliphatic rings. The van der Waals surface area contributed by atoms with Gasteiger partial charge in [0, 0.05) is 19.2 Å². The molecule has 0 saturated carbocycles. The van der Waals surface area contributed by atoms with Crippen molar-refractivity contribution in [2.24, 2.45) is 0 Å². The predicted molar refractivity (Wildman–Crippen MR) is 121 cm³/mol. The van der Waals surface area contributed by atoms with Gasteiger partial charge < -0.3 is 19.4 Å². The minimum atomic E-state index is -0.815. The van der Waals surface area contributed by atoms with Crippen molar-refractivity contribution in [3.8, 4) is 0 Å². The van der Waals surface area contributed by atoms with Crippen LogP contribution in [0.25, 0.3) is 11.0 Å². The molecule has 1 aromatic carbocycles. The van der Waals surface area contributed by atoms with Gasteiger partial charge in [0.05, 0.1) is 32.0 Å². The van der Waals surface area contributed by atoms with E-state index in [1.165, 1.54) is 7.11 Å². The third kappa shape index (κ3) is 6.62. The van der Waals surface area contributed by atoms with E-state index in [0.29, 0.717) is 13.0 Å². The van der Waals surface area contributed by atoms with Gasteiger partial charge in [-0.15, -0.1) is 0 Å². The molecule has 2 heterocycles. The topological polar surface area (TPSA) is 95.3 Å². The summed E-state index contributed by atoms with van der Waals surface area (Å²) < 4.78 is 12.6. The summed E-state index contributed by atoms with van der Waals surface area (Å²) in [5.41, 5.74) is 2.97. The fraction of sp³-hybridized carbons (Fsp3) is 0.417. The fourth-order valence-electron chi connectivity index (χ4n) is 3.56. The Morgan fingerprint density at radius 2 is 1.94 bits per heavy atom. The average molecular weight is 439 g/mol. The molecule has 3 aromatic rings. The van der Waals surface area contributed by atoms with Crippen LogP contribution in [-0.2, 0) is 32.2 Å². The van der Waals surface area contributed by atoms with Crippen LogP contribution >= 0.6 is 0 Å². The van der Waals surface area contributed by atoms with Crippen molar-refractivity contribution in [1.82, 2.24) is 19.9 Å². The molecular formula is C24H30N4O4. The Labute approximate surface area is 188 Å². The summed E-state index contributed by atoms with van der Waals surface area (Å²) in [4.78, 5) is 33.0. The van der Waals surface area contributed by atoms with E-state index in [-0.39, 0.29) is 12.5 Å². The molecule has 0 unspecified atom stereocenters. The number of esters is 1. The van der Waals surface area contributed by atoms with Crippen molar-refractivity contribution in [3.05, 3.63) is 60.2 Å². The predicted octanol–water partition coefficient (Wildman–Crippen LogP) is 3.17. The number of pyridine rings is 1. The van der Waals surface area contributed by atoms with Crippen molar-refractivity contribution in [2.75, 3.05) is 13.7 Å². The van der Waals surface area contributed by atoms with Crippen LogP contribution in [0.4, 0.5) is 0 Å². The number of fused-ring (bicyclic) bond motifs is 1. The first-order valence-electron chi connectivity index (χ1n) is 10.8. The maximum absolute atomic E-state index is 12.3. The number of rotatable bonds is 12. The smallest absolute Gasteiger partial charge is 0.330 e. The number of unbranched alkanes of at least 4 members (excludes halogenated alkanes) is 2. The lowest BCUT2D eigenvalue weighted by Crippen LogP contribution is -2.44. The second-order valence-corrected chi connectivity index (χ2v) is 7.63. The molecule has 0 aliphatic carbocycles. The van der Waals surface area contributed by atoms with Crippen molar-refractivity contribution in [1.29, 1.82) is 0 Å². The molecule has 0 fully saturated rings. The third-order valence-corrected chi connectivity index (χ3v) is 5.24. The molecule has 1 amide bonds. The van der Waals surface area contributed by atoms with Gasteiger partial charge in [0.25, 0.3) is 0 Å². The molecule has 3 rings (SSSR count). The first kappa shape index (κ1) is 23.4. The summed E-state index contributed by atoms with van der Waals surface area (Å²) in [5.74, 6) is 0.268. The zero-order valence-electron chi connectivity index (χ0n) is 18.6. The minimum absolute atomic E-state index is 0.0646. The number of carbonyl (C=O) groups is 2. The summed E-state index contributed by atoms with van der Waals surface area (Å²) in [5, 5.41) is 2.73. The number of imidazole rings is 1. The van der Waals surface area contributed by atoms with Gasteiger partial charge in [-0.25, -0.2) is 9.78 Å². The number of aromatic nitrogens is 3. The Balaban J connectivity index is 1.38. The molecule has 170 valence electrons. The highest BCUT2D eigenvalue weighted by Gasteiger charge is 2.21. The number of carbonyl (C=O) groups excluding carboxylic acids is 2. The average Bonchev–Trinajstić information content (AvgIpc) is 3.13. The van der Waals surface area contributed by atoms with Crippen molar-refractivity contribution in [3.63, 3.8) is 0 Å². The lowest BCUT2D eigenvalue weighted by atomic mass is 10.1. The molecule has 8 nitrogen and oxygen atoms in total. The Morgan fingerprint density at radius 3 is 2.72 bits per heavy atom. The monoisotopic (exact) mass is 438 g/mol. The van der Waals surface area contributed by atoms with Crippen LogP contribution in [0.2, 0.25) is 0 Å². The van der Waals surface area contributed by atoms with Gasteiger partial charge in [0.2, 0.25) is 5.91 Å². The van der Waals surface area contributed by atoms with E-state index in [2.05, 4.69) is 19.9 Å². The Hall–Kier alpha value is -3.26. The van der Waals surface area contributed by atoms with Crippen LogP contribution < -0.4 is 5.32 Å². The molecule has 0 saturated heterocycles. The third-order valence-electron chi connectivity index (χ3n) is 5.24. The quantitative estimate of drug-likeness (QED) is 0.345. The first-order chi connectivity index (χ1) is 15.6. The van der Waals surface area contributed by atoms with Gasteiger partial charge >= 0.3 is 5.97 Å². The zero-order chi connectivity index (χ0) is 22.8. The van der Waals surface area contributed by atoms with Gasteiger partial charge in [0.15, 0.2) is 6.04 Å². The number of nitrogens with one attached hydrogen (secondary N) is 1. The van der Waals surface area contributed by atoms with Gasteiger partial charge in [-0.1, -0.05) is 36.8 Å². The van der Waals surface area contributed by atoms with E-state index >= 15 is 0 Å². The molecule has 32 heavy (non-hydrogen) atoms. The maximum Gasteiger partial charge on any atom is 0.330 e. The SMILES string of the molecule is COC(=O)[C@H](COCc1ccccc1)NC(=O)CCCCCn1c(C)nc2cnccc21. The number of ether oxygens (including phenoxy) is 2. The van der Waals surface area contributed by atoms with Crippen LogP contribution in [0.1, 0.15) is 37.1 Å². The molecule has 1 N–H and O–H groups in total. The van der Waals surface area contributed by atoms with Crippen LogP contribution in [-0.4, -0.2) is 46.2 Å². The highest BCUT2D eigenvalue weighted by Crippen LogP contribution is 2.15. The first-order valence-corrected chi connectivity index (χ1v) is 10.8. The Morgan fingerprint density at radius 1 is 1.12 bits per heavy atom. The molecule has 8 heteroatoms. The van der Waals surface area contributed by atoms with Crippen molar-refractivity contribution in [2.45, 2.75) is 51.8 Å². The normalized spacial score (nSPS) is 11.9. The van der Waals surface area contributed by atoms with Crippen LogP contribution in [0.15, 0.2) is 48.8 Å². The lowest BCUT2D eigenvalue weighted by molar-refractivity contribution is -0.147. The molecular weight excluding hydrogens is 408 g/mol. The van der Waals surface area contributed by atoms with Crippen LogP contribution in [0.3, 0.4) is 0 Å². The van der Waals surface area contributed by atoms with Crippen LogP contribution in [0, 0.1) is 6.92 Å². The number of hydrogen-bond acceptors (Lipinski definition) is 6. The number of hydrogen-bond donors (Lipinski definition) is 1. The summed E-state index contributed by atoms with van der Waals surface area (Å²) >= 11 is 0. The van der Waals surface area contributed by atoms with Crippen molar-refractivity contribution < 1.29 is 19.1 Å². The van der Waals surface area contributed by atoms with E-state index in [1.54, 1.807) is 12.4 Å². The standard InChI is InChI=1S/C24H30N4O4/c1-18-26-20-15-25-13-12-22(20)28(18)14-8-4-7-11-23(29)27-21(24(30)31-2)17-32-16-19-9-5-3-6-10-19/h3,5-6,9-10,12-13,15,21H,4,7-8,11,14,16-17H2,1-2H3,(H,27,29)/t21-/m0/s1. The highest BCUT2D eigenvalue weighted by atomic mass is 16.5. The number of methoxy groups -OCH3 is 1. The van der Waals surface area contributed by atoms with E-state index in [0.717, 1.165) is 48.2 Å². The molecule has 0 spiro atoms. The number of amides is 1. The summed E-state index contributed by atoms with van der Waals surface area (Å²) in [6.45, 7) is 3.25. The molecule has 0 radical (unpaired) electrons. The van der Waals surface area contributed by atoms with Gasteiger partial charge in [0.1, 0.15) is 11.3 Å². The van der Waals surface area contributed by atoms with Crippen LogP contribution in [0.5, 0.6) is 0 Å². The lowest BCUT2D eigenvalue weighted by Gasteiger charge is -2.17. The molecule has 2 aromatic heterocycles. The molecule has 1 atom stereocenters. The van der Waals surface area contributed by atoms with Gasteiger partial charge in [-0.2, -0.15) is 0 Å². The highest BCUT2D eigenvalue weighted by molar-refractivity contribution is 5.84. The number of aryl methyl sites for hydroxylation is 2. The molecule has 0 aliphatic heterocycles. The number of benzene rings is 1. The maximum atomic E-state index is 12.3. The second kappa shape index (κ2) is 12.0. The van der Waals surface area contributed by atoms with Gasteiger partial charge in [-0.05, 0) is 31.4 Å². The van der Waals surface area contributed by atoms with Crippen molar-refractivity contribution >= 4 is 22.9 Å².